The first-order valence-corrected chi connectivity index (χ1v) is 11.5. The van der Waals surface area contributed by atoms with Crippen LogP contribution in [0.4, 0.5) is 5.69 Å². The van der Waals surface area contributed by atoms with Crippen molar-refractivity contribution in [2.75, 3.05) is 4.90 Å². The van der Waals surface area contributed by atoms with Crippen LogP contribution in [0.2, 0.25) is 0 Å². The van der Waals surface area contributed by atoms with Crippen LogP contribution in [0.5, 0.6) is 0 Å². The summed E-state index contributed by atoms with van der Waals surface area (Å²) in [5, 5.41) is 4.21. The van der Waals surface area contributed by atoms with Gasteiger partial charge in [-0.05, 0) is 54.3 Å². The summed E-state index contributed by atoms with van der Waals surface area (Å²) in [6, 6.07) is 26.0. The van der Waals surface area contributed by atoms with Crippen LogP contribution in [0.1, 0.15) is 43.6 Å². The highest BCUT2D eigenvalue weighted by molar-refractivity contribution is 6.35. The Kier molecular flexibility index (Phi) is 6.04. The molecule has 4 aromatic carbocycles. The summed E-state index contributed by atoms with van der Waals surface area (Å²) in [5.74, 6) is -1.96. The van der Waals surface area contributed by atoms with E-state index in [1.54, 1.807) is 24.3 Å². The molecular weight excluding hydrogens is 456 g/mol. The number of esters is 1. The number of imide groups is 1. The molecule has 0 bridgehead atoms. The fraction of sp³-hybridized carbons (Fsp3) is 0.103. The van der Waals surface area contributed by atoms with Gasteiger partial charge < -0.3 is 10.1 Å². The molecule has 1 heterocycles. The third-order valence-corrected chi connectivity index (χ3v) is 6.10. The van der Waals surface area contributed by atoms with Gasteiger partial charge in [0.1, 0.15) is 0 Å². The largest absolute Gasteiger partial charge is 0.449 e. The Morgan fingerprint density at radius 3 is 2.03 bits per heavy atom. The second-order valence-corrected chi connectivity index (χ2v) is 8.45. The molecule has 3 amide bonds. The lowest BCUT2D eigenvalue weighted by atomic mass is 9.94. The molecule has 4 aromatic rings. The van der Waals surface area contributed by atoms with Gasteiger partial charge in [0, 0.05) is 23.1 Å². The molecule has 0 saturated carbocycles. The second kappa shape index (κ2) is 9.46. The lowest BCUT2D eigenvalue weighted by molar-refractivity contribution is -0.129. The highest BCUT2D eigenvalue weighted by Crippen LogP contribution is 2.32. The smallest absolute Gasteiger partial charge is 0.338 e. The molecule has 1 N–H and O–H groups in total. The van der Waals surface area contributed by atoms with Crippen LogP contribution in [0.25, 0.3) is 10.8 Å². The fourth-order valence-electron chi connectivity index (χ4n) is 4.22. The van der Waals surface area contributed by atoms with E-state index in [4.69, 9.17) is 4.74 Å². The molecule has 0 aromatic heterocycles. The van der Waals surface area contributed by atoms with Crippen LogP contribution in [-0.4, -0.2) is 29.8 Å². The summed E-state index contributed by atoms with van der Waals surface area (Å²) < 4.78 is 5.30. The minimum absolute atomic E-state index is 0.195. The quantitative estimate of drug-likeness (QED) is 0.325. The molecule has 7 nitrogen and oxygen atoms in total. The van der Waals surface area contributed by atoms with E-state index in [1.165, 1.54) is 31.2 Å². The van der Waals surface area contributed by atoms with Crippen molar-refractivity contribution in [3.63, 3.8) is 0 Å². The minimum atomic E-state index is -0.997. The summed E-state index contributed by atoms with van der Waals surface area (Å²) >= 11 is 0. The number of rotatable bonds is 6. The van der Waals surface area contributed by atoms with Crippen LogP contribution in [0, 0.1) is 0 Å². The normalized spacial score (nSPS) is 13.4. The van der Waals surface area contributed by atoms with Gasteiger partial charge in [0.05, 0.1) is 11.3 Å². The van der Waals surface area contributed by atoms with E-state index in [1.807, 2.05) is 42.5 Å². The predicted molar refractivity (Wildman–Crippen MR) is 135 cm³/mol. The molecule has 0 fully saturated rings. The Labute approximate surface area is 207 Å². The first kappa shape index (κ1) is 23.0. The van der Waals surface area contributed by atoms with Crippen molar-refractivity contribution in [2.45, 2.75) is 19.6 Å². The average molecular weight is 479 g/mol. The summed E-state index contributed by atoms with van der Waals surface area (Å²) in [5.41, 5.74) is 2.35. The van der Waals surface area contributed by atoms with E-state index < -0.39 is 29.8 Å². The molecule has 0 saturated heterocycles. The summed E-state index contributed by atoms with van der Waals surface area (Å²) in [6.07, 6.45) is -0.997. The molecule has 0 radical (unpaired) electrons. The van der Waals surface area contributed by atoms with Gasteiger partial charge in [0.2, 0.25) is 0 Å². The zero-order chi connectivity index (χ0) is 25.2. The number of hydrogen-bond donors (Lipinski definition) is 1. The predicted octanol–water partition coefficient (Wildman–Crippen LogP) is 4.50. The fourth-order valence-corrected chi connectivity index (χ4v) is 4.22. The lowest BCUT2D eigenvalue weighted by Gasteiger charge is -2.27. The maximum atomic E-state index is 13.2. The summed E-state index contributed by atoms with van der Waals surface area (Å²) in [7, 11) is 0. The maximum absolute atomic E-state index is 13.2. The van der Waals surface area contributed by atoms with Crippen LogP contribution < -0.4 is 10.2 Å². The van der Waals surface area contributed by atoms with Crippen LogP contribution >= 0.6 is 0 Å². The van der Waals surface area contributed by atoms with Crippen LogP contribution in [0.3, 0.4) is 0 Å². The molecular formula is C29H22N2O5. The van der Waals surface area contributed by atoms with E-state index >= 15 is 0 Å². The zero-order valence-electron chi connectivity index (χ0n) is 19.4. The monoisotopic (exact) mass is 478 g/mol. The third-order valence-electron chi connectivity index (χ3n) is 6.10. The first-order chi connectivity index (χ1) is 17.4. The molecule has 1 aliphatic heterocycles. The van der Waals surface area contributed by atoms with Gasteiger partial charge in [0.25, 0.3) is 17.7 Å². The lowest BCUT2D eigenvalue weighted by Crippen LogP contribution is -2.40. The Morgan fingerprint density at radius 1 is 0.806 bits per heavy atom. The molecule has 1 aliphatic rings. The van der Waals surface area contributed by atoms with Crippen molar-refractivity contribution in [3.8, 4) is 0 Å². The summed E-state index contributed by atoms with van der Waals surface area (Å²) in [6.45, 7) is 1.82. The molecule has 1 atom stereocenters. The maximum Gasteiger partial charge on any atom is 0.338 e. The molecule has 178 valence electrons. The van der Waals surface area contributed by atoms with Crippen molar-refractivity contribution in [3.05, 3.63) is 113 Å². The van der Waals surface area contributed by atoms with E-state index in [2.05, 4.69) is 5.32 Å². The van der Waals surface area contributed by atoms with Gasteiger partial charge in [-0.2, -0.15) is 0 Å². The summed E-state index contributed by atoms with van der Waals surface area (Å²) in [4.78, 5) is 52.4. The molecule has 0 aliphatic carbocycles. The third kappa shape index (κ3) is 4.22. The van der Waals surface area contributed by atoms with Crippen LogP contribution in [-0.2, 0) is 16.1 Å². The van der Waals surface area contributed by atoms with E-state index in [-0.39, 0.29) is 5.56 Å². The van der Waals surface area contributed by atoms with Crippen molar-refractivity contribution in [1.82, 2.24) is 5.32 Å². The highest BCUT2D eigenvalue weighted by atomic mass is 16.5. The van der Waals surface area contributed by atoms with E-state index in [9.17, 15) is 19.2 Å². The van der Waals surface area contributed by atoms with Gasteiger partial charge in [0.15, 0.2) is 6.10 Å². The molecule has 0 spiro atoms. The van der Waals surface area contributed by atoms with Gasteiger partial charge >= 0.3 is 5.97 Å². The molecule has 5 rings (SSSR count). The number of amides is 3. The first-order valence-electron chi connectivity index (χ1n) is 11.5. The Balaban J connectivity index is 1.28. The van der Waals surface area contributed by atoms with Gasteiger partial charge in [-0.25, -0.2) is 9.69 Å². The zero-order valence-corrected chi connectivity index (χ0v) is 19.4. The van der Waals surface area contributed by atoms with Gasteiger partial charge in [-0.3, -0.25) is 14.4 Å². The van der Waals surface area contributed by atoms with Crippen LogP contribution in [0.15, 0.2) is 91.0 Å². The van der Waals surface area contributed by atoms with Gasteiger partial charge in [-0.1, -0.05) is 54.6 Å². The number of benzene rings is 4. The van der Waals surface area contributed by atoms with E-state index in [0.717, 1.165) is 15.8 Å². The average Bonchev–Trinajstić information content (AvgIpc) is 2.91. The Morgan fingerprint density at radius 2 is 1.42 bits per heavy atom. The number of hydrogen-bond acceptors (Lipinski definition) is 5. The van der Waals surface area contributed by atoms with Crippen molar-refractivity contribution >= 4 is 40.2 Å². The SMILES string of the molecule is CC(OC(=O)c1ccc(N2C(=O)c3cccc4cccc(c34)C2=O)cc1)C(=O)NCc1ccccc1. The van der Waals surface area contributed by atoms with Crippen molar-refractivity contribution in [2.24, 2.45) is 0 Å². The number of nitrogens with one attached hydrogen (secondary N) is 1. The minimum Gasteiger partial charge on any atom is -0.449 e. The van der Waals surface area contributed by atoms with Crippen molar-refractivity contribution < 1.29 is 23.9 Å². The Bertz CT molecular complexity index is 1440. The number of anilines is 1. The van der Waals surface area contributed by atoms with Gasteiger partial charge in [-0.15, -0.1) is 0 Å². The highest BCUT2D eigenvalue weighted by Gasteiger charge is 2.33. The molecule has 36 heavy (non-hydrogen) atoms. The second-order valence-electron chi connectivity index (χ2n) is 8.45. The molecule has 1 unspecified atom stereocenters. The number of carbonyl (C=O) groups excluding carboxylic acids is 4. The number of nitrogens with zero attached hydrogens (tertiary/aromatic N) is 1. The standard InChI is InChI=1S/C29H22N2O5/c1-18(26(32)30-17-19-7-3-2-4-8-19)36-29(35)21-13-15-22(16-14-21)31-27(33)23-11-5-9-20-10-6-12-24(25(20)23)28(31)34/h2-16,18H,17H2,1H3,(H,30,32). The number of ether oxygens (including phenoxy) is 1. The number of carbonyl (C=O) groups is 4. The Hall–Kier alpha value is -4.78. The molecule has 7 heteroatoms. The van der Waals surface area contributed by atoms with E-state index in [0.29, 0.717) is 28.7 Å². The van der Waals surface area contributed by atoms with Crippen molar-refractivity contribution in [1.29, 1.82) is 0 Å². The topological polar surface area (TPSA) is 92.8 Å².